The van der Waals surface area contributed by atoms with Gasteiger partial charge >= 0.3 is 0 Å². The van der Waals surface area contributed by atoms with E-state index in [1.807, 2.05) is 0 Å². The Bertz CT molecular complexity index is 502. The van der Waals surface area contributed by atoms with Crippen molar-refractivity contribution in [1.29, 1.82) is 0 Å². The number of benzene rings is 1. The molecule has 2 aromatic rings. The molecule has 1 fully saturated rings. The number of nitrogens with one attached hydrogen (secondary N) is 1. The molecular weight excluding hydrogens is 219 g/mol. The molecule has 1 aromatic carbocycles. The molecular formula is C13H13FN2O. The Labute approximate surface area is 98.7 Å². The molecule has 0 saturated carbocycles. The first kappa shape index (κ1) is 10.5. The Kier molecular flexibility index (Phi) is 2.65. The van der Waals surface area contributed by atoms with Gasteiger partial charge in [0, 0.05) is 5.56 Å². The maximum atomic E-state index is 12.8. The molecule has 0 unspecified atom stereocenters. The molecule has 0 spiro atoms. The number of halogens is 1. The van der Waals surface area contributed by atoms with Crippen LogP contribution in [-0.2, 0) is 6.42 Å². The maximum absolute atomic E-state index is 12.8. The van der Waals surface area contributed by atoms with Gasteiger partial charge in [0.05, 0.1) is 5.69 Å². The summed E-state index contributed by atoms with van der Waals surface area (Å²) in [5, 5.41) is 3.23. The minimum Gasteiger partial charge on any atom is -0.444 e. The number of hydrogen-bond acceptors (Lipinski definition) is 3. The van der Waals surface area contributed by atoms with Gasteiger partial charge in [0.15, 0.2) is 0 Å². The third-order valence-corrected chi connectivity index (χ3v) is 3.01. The first-order valence-electron chi connectivity index (χ1n) is 5.72. The SMILES string of the molecule is Fc1ccc(-c2nc(CC3CNC3)co2)cc1. The van der Waals surface area contributed by atoms with Crippen LogP contribution in [0.2, 0.25) is 0 Å². The van der Waals surface area contributed by atoms with Crippen molar-refractivity contribution in [1.82, 2.24) is 10.3 Å². The molecule has 88 valence electrons. The van der Waals surface area contributed by atoms with Crippen LogP contribution < -0.4 is 5.32 Å². The minimum absolute atomic E-state index is 0.249. The molecule has 0 aliphatic carbocycles. The van der Waals surface area contributed by atoms with E-state index in [1.165, 1.54) is 12.1 Å². The van der Waals surface area contributed by atoms with Crippen molar-refractivity contribution < 1.29 is 8.81 Å². The van der Waals surface area contributed by atoms with E-state index in [0.29, 0.717) is 11.8 Å². The highest BCUT2D eigenvalue weighted by Gasteiger charge is 2.19. The van der Waals surface area contributed by atoms with Crippen LogP contribution in [0.15, 0.2) is 34.9 Å². The smallest absolute Gasteiger partial charge is 0.226 e. The number of oxazole rings is 1. The van der Waals surface area contributed by atoms with Gasteiger partial charge < -0.3 is 9.73 Å². The van der Waals surface area contributed by atoms with Crippen molar-refractivity contribution >= 4 is 0 Å². The van der Waals surface area contributed by atoms with E-state index in [0.717, 1.165) is 30.8 Å². The van der Waals surface area contributed by atoms with E-state index in [4.69, 9.17) is 4.42 Å². The predicted molar refractivity (Wildman–Crippen MR) is 62.0 cm³/mol. The van der Waals surface area contributed by atoms with E-state index in [-0.39, 0.29) is 5.82 Å². The van der Waals surface area contributed by atoms with Gasteiger partial charge in [0.1, 0.15) is 12.1 Å². The molecule has 0 atom stereocenters. The zero-order valence-corrected chi connectivity index (χ0v) is 9.32. The van der Waals surface area contributed by atoms with Crippen LogP contribution in [-0.4, -0.2) is 18.1 Å². The lowest BCUT2D eigenvalue weighted by molar-refractivity contribution is 0.344. The average molecular weight is 232 g/mol. The van der Waals surface area contributed by atoms with Gasteiger partial charge in [-0.15, -0.1) is 0 Å². The van der Waals surface area contributed by atoms with Crippen molar-refractivity contribution in [2.45, 2.75) is 6.42 Å². The van der Waals surface area contributed by atoms with E-state index in [1.54, 1.807) is 18.4 Å². The van der Waals surface area contributed by atoms with Crippen LogP contribution >= 0.6 is 0 Å². The number of aromatic nitrogens is 1. The summed E-state index contributed by atoms with van der Waals surface area (Å²) < 4.78 is 18.2. The molecule has 17 heavy (non-hydrogen) atoms. The zero-order chi connectivity index (χ0) is 11.7. The van der Waals surface area contributed by atoms with Crippen molar-refractivity contribution in [3.8, 4) is 11.5 Å². The summed E-state index contributed by atoms with van der Waals surface area (Å²) in [6.45, 7) is 2.11. The molecule has 1 aliphatic heterocycles. The Morgan fingerprint density at radius 2 is 2.06 bits per heavy atom. The molecule has 3 rings (SSSR count). The van der Waals surface area contributed by atoms with Gasteiger partial charge in [0.25, 0.3) is 0 Å². The quantitative estimate of drug-likeness (QED) is 0.882. The van der Waals surface area contributed by atoms with Gasteiger partial charge in [0.2, 0.25) is 5.89 Å². The molecule has 4 heteroatoms. The largest absolute Gasteiger partial charge is 0.444 e. The average Bonchev–Trinajstić information content (AvgIpc) is 2.73. The van der Waals surface area contributed by atoms with E-state index < -0.39 is 0 Å². The number of nitrogens with zero attached hydrogens (tertiary/aromatic N) is 1. The van der Waals surface area contributed by atoms with Crippen LogP contribution in [0, 0.1) is 11.7 Å². The highest BCUT2D eigenvalue weighted by Crippen LogP contribution is 2.20. The lowest BCUT2D eigenvalue weighted by Gasteiger charge is -2.25. The standard InChI is InChI=1S/C13H13FN2O/c14-11-3-1-10(2-4-11)13-16-12(8-17-13)5-9-6-15-7-9/h1-4,8-9,15H,5-7H2. The summed E-state index contributed by atoms with van der Waals surface area (Å²) in [6, 6.07) is 6.18. The second kappa shape index (κ2) is 4.30. The highest BCUT2D eigenvalue weighted by atomic mass is 19.1. The molecule has 1 aromatic heterocycles. The summed E-state index contributed by atoms with van der Waals surface area (Å²) in [5.41, 5.74) is 1.78. The molecule has 0 radical (unpaired) electrons. The van der Waals surface area contributed by atoms with Gasteiger partial charge in [-0.1, -0.05) is 0 Å². The molecule has 1 aliphatic rings. The summed E-state index contributed by atoms with van der Waals surface area (Å²) >= 11 is 0. The van der Waals surface area contributed by atoms with Gasteiger partial charge in [-0.05, 0) is 49.7 Å². The fraction of sp³-hybridized carbons (Fsp3) is 0.308. The van der Waals surface area contributed by atoms with Crippen LogP contribution in [0.5, 0.6) is 0 Å². The third-order valence-electron chi connectivity index (χ3n) is 3.01. The van der Waals surface area contributed by atoms with Crippen molar-refractivity contribution in [3.63, 3.8) is 0 Å². The summed E-state index contributed by atoms with van der Waals surface area (Å²) in [6.07, 6.45) is 2.63. The van der Waals surface area contributed by atoms with Gasteiger partial charge in [-0.3, -0.25) is 0 Å². The maximum Gasteiger partial charge on any atom is 0.226 e. The lowest BCUT2D eigenvalue weighted by Crippen LogP contribution is -2.43. The van der Waals surface area contributed by atoms with Crippen molar-refractivity contribution in [2.24, 2.45) is 5.92 Å². The summed E-state index contributed by atoms with van der Waals surface area (Å²) in [5.74, 6) is 0.981. The van der Waals surface area contributed by atoms with Gasteiger partial charge in [-0.2, -0.15) is 0 Å². The number of rotatable bonds is 3. The second-order valence-corrected chi connectivity index (χ2v) is 4.38. The first-order valence-corrected chi connectivity index (χ1v) is 5.72. The van der Waals surface area contributed by atoms with Gasteiger partial charge in [-0.25, -0.2) is 9.37 Å². The number of hydrogen-bond donors (Lipinski definition) is 1. The molecule has 3 nitrogen and oxygen atoms in total. The molecule has 2 heterocycles. The van der Waals surface area contributed by atoms with E-state index in [2.05, 4.69) is 10.3 Å². The van der Waals surface area contributed by atoms with Crippen LogP contribution in [0.4, 0.5) is 4.39 Å². The molecule has 0 bridgehead atoms. The molecule has 1 N–H and O–H groups in total. The monoisotopic (exact) mass is 232 g/mol. The van der Waals surface area contributed by atoms with Crippen LogP contribution in [0.1, 0.15) is 5.69 Å². The Morgan fingerprint density at radius 1 is 1.29 bits per heavy atom. The third kappa shape index (κ3) is 2.22. The van der Waals surface area contributed by atoms with Crippen LogP contribution in [0.25, 0.3) is 11.5 Å². The predicted octanol–water partition coefficient (Wildman–Crippen LogP) is 2.24. The second-order valence-electron chi connectivity index (χ2n) is 4.38. The molecule has 0 amide bonds. The fourth-order valence-corrected chi connectivity index (χ4v) is 1.91. The molecule has 1 saturated heterocycles. The Hall–Kier alpha value is -1.68. The van der Waals surface area contributed by atoms with E-state index in [9.17, 15) is 4.39 Å². The van der Waals surface area contributed by atoms with E-state index >= 15 is 0 Å². The Balaban J connectivity index is 1.76. The first-order chi connectivity index (χ1) is 8.31. The van der Waals surface area contributed by atoms with Crippen molar-refractivity contribution in [2.75, 3.05) is 13.1 Å². The highest BCUT2D eigenvalue weighted by molar-refractivity contribution is 5.52. The zero-order valence-electron chi connectivity index (χ0n) is 9.32. The minimum atomic E-state index is -0.249. The topological polar surface area (TPSA) is 38.1 Å². The summed E-state index contributed by atoms with van der Waals surface area (Å²) in [4.78, 5) is 4.42. The van der Waals surface area contributed by atoms with Crippen molar-refractivity contribution in [3.05, 3.63) is 42.0 Å². The summed E-state index contributed by atoms with van der Waals surface area (Å²) in [7, 11) is 0. The fourth-order valence-electron chi connectivity index (χ4n) is 1.91. The lowest BCUT2D eigenvalue weighted by atomic mass is 9.98. The Morgan fingerprint density at radius 3 is 2.71 bits per heavy atom. The normalized spacial score (nSPS) is 15.8. The van der Waals surface area contributed by atoms with Crippen LogP contribution in [0.3, 0.4) is 0 Å².